The molecule has 1 heterocycles. The highest BCUT2D eigenvalue weighted by molar-refractivity contribution is 5.94. The topological polar surface area (TPSA) is 80.6 Å². The van der Waals surface area contributed by atoms with Gasteiger partial charge >= 0.3 is 5.69 Å². The summed E-state index contributed by atoms with van der Waals surface area (Å²) < 4.78 is 1.11. The van der Waals surface area contributed by atoms with Gasteiger partial charge < -0.3 is 0 Å². The van der Waals surface area contributed by atoms with Gasteiger partial charge in [-0.25, -0.2) is 9.89 Å². The van der Waals surface area contributed by atoms with E-state index >= 15 is 0 Å². The molecule has 0 unspecified atom stereocenters. The van der Waals surface area contributed by atoms with E-state index in [2.05, 4.69) is 15.5 Å². The predicted octanol–water partition coefficient (Wildman–Crippen LogP) is 0.158. The second-order valence-electron chi connectivity index (χ2n) is 3.02. The lowest BCUT2D eigenvalue weighted by molar-refractivity contribution is 0.101. The molecule has 0 spiro atoms. The minimum absolute atomic E-state index is 0.0194. The number of H-pyrrole nitrogens is 1. The van der Waals surface area contributed by atoms with Crippen molar-refractivity contribution in [2.45, 2.75) is 6.92 Å². The summed E-state index contributed by atoms with van der Waals surface area (Å²) in [7, 11) is 0. The first-order valence-electron chi connectivity index (χ1n) is 4.30. The smallest absolute Gasteiger partial charge is 0.295 e. The van der Waals surface area contributed by atoms with Gasteiger partial charge in [0.05, 0.1) is 5.69 Å². The Labute approximate surface area is 84.5 Å². The number of aromatic nitrogens is 4. The molecular weight excluding hydrogens is 196 g/mol. The van der Waals surface area contributed by atoms with Gasteiger partial charge in [0, 0.05) is 5.56 Å². The van der Waals surface area contributed by atoms with E-state index in [1.807, 2.05) is 0 Å². The van der Waals surface area contributed by atoms with E-state index in [9.17, 15) is 9.59 Å². The van der Waals surface area contributed by atoms with Gasteiger partial charge in [-0.2, -0.15) is 4.68 Å². The molecule has 2 aromatic rings. The molecule has 0 aliphatic carbocycles. The van der Waals surface area contributed by atoms with Crippen LogP contribution in [0.15, 0.2) is 29.1 Å². The lowest BCUT2D eigenvalue weighted by Gasteiger charge is -1.98. The predicted molar refractivity (Wildman–Crippen MR) is 52.0 cm³/mol. The van der Waals surface area contributed by atoms with Crippen LogP contribution in [-0.4, -0.2) is 26.0 Å². The summed E-state index contributed by atoms with van der Waals surface area (Å²) in [4.78, 5) is 22.2. The first-order valence-corrected chi connectivity index (χ1v) is 4.30. The van der Waals surface area contributed by atoms with Gasteiger partial charge in [0.25, 0.3) is 0 Å². The number of aromatic amines is 1. The number of benzene rings is 1. The molecule has 1 aromatic carbocycles. The van der Waals surface area contributed by atoms with Crippen LogP contribution in [-0.2, 0) is 0 Å². The number of nitrogens with zero attached hydrogens (tertiary/aromatic N) is 3. The first-order chi connectivity index (χ1) is 7.18. The molecule has 1 N–H and O–H groups in total. The normalized spacial score (nSPS) is 10.2. The first kappa shape index (κ1) is 9.32. The number of hydrogen-bond donors (Lipinski definition) is 1. The van der Waals surface area contributed by atoms with Crippen molar-refractivity contribution in [2.75, 3.05) is 0 Å². The molecule has 0 aliphatic heterocycles. The molecular formula is C9H8N4O2. The van der Waals surface area contributed by atoms with Crippen molar-refractivity contribution in [3.63, 3.8) is 0 Å². The third-order valence-electron chi connectivity index (χ3n) is 1.99. The molecule has 0 bridgehead atoms. The lowest BCUT2D eigenvalue weighted by Crippen LogP contribution is -2.15. The van der Waals surface area contributed by atoms with Gasteiger partial charge in [-0.3, -0.25) is 4.79 Å². The summed E-state index contributed by atoms with van der Waals surface area (Å²) in [5, 5.41) is 9.12. The van der Waals surface area contributed by atoms with Crippen LogP contribution in [0.5, 0.6) is 0 Å². The minimum atomic E-state index is -0.412. The fraction of sp³-hybridized carbons (Fsp3) is 0.111. The second-order valence-corrected chi connectivity index (χ2v) is 3.02. The molecule has 0 radical (unpaired) electrons. The maximum atomic E-state index is 11.2. The molecule has 0 atom stereocenters. The maximum absolute atomic E-state index is 11.2. The van der Waals surface area contributed by atoms with Gasteiger partial charge in [-0.1, -0.05) is 0 Å². The van der Waals surface area contributed by atoms with Crippen LogP contribution in [0.2, 0.25) is 0 Å². The lowest BCUT2D eigenvalue weighted by atomic mass is 10.1. The molecule has 0 saturated carbocycles. The summed E-state index contributed by atoms with van der Waals surface area (Å²) in [6.07, 6.45) is 0. The van der Waals surface area contributed by atoms with E-state index in [1.165, 1.54) is 6.92 Å². The van der Waals surface area contributed by atoms with E-state index in [1.54, 1.807) is 24.3 Å². The van der Waals surface area contributed by atoms with Crippen LogP contribution in [0.25, 0.3) is 5.69 Å². The second kappa shape index (κ2) is 3.49. The zero-order chi connectivity index (χ0) is 10.8. The molecule has 6 heteroatoms. The van der Waals surface area contributed by atoms with Gasteiger partial charge in [0.1, 0.15) is 0 Å². The highest BCUT2D eigenvalue weighted by Crippen LogP contribution is 2.06. The van der Waals surface area contributed by atoms with E-state index in [0.717, 1.165) is 4.68 Å². The summed E-state index contributed by atoms with van der Waals surface area (Å²) in [5.41, 5.74) is 0.750. The molecule has 1 aromatic heterocycles. The zero-order valence-electron chi connectivity index (χ0n) is 7.97. The average molecular weight is 204 g/mol. The third-order valence-corrected chi connectivity index (χ3v) is 1.99. The fourth-order valence-corrected chi connectivity index (χ4v) is 1.20. The highest BCUT2D eigenvalue weighted by atomic mass is 16.2. The van der Waals surface area contributed by atoms with Gasteiger partial charge in [0.2, 0.25) is 0 Å². The van der Waals surface area contributed by atoms with E-state index in [0.29, 0.717) is 11.3 Å². The van der Waals surface area contributed by atoms with Crippen LogP contribution in [0.3, 0.4) is 0 Å². The summed E-state index contributed by atoms with van der Waals surface area (Å²) in [6.45, 7) is 1.48. The van der Waals surface area contributed by atoms with Crippen LogP contribution in [0, 0.1) is 0 Å². The molecule has 0 amide bonds. The molecule has 0 saturated heterocycles. The van der Waals surface area contributed by atoms with Crippen LogP contribution in [0.4, 0.5) is 0 Å². The zero-order valence-corrected chi connectivity index (χ0v) is 7.97. The Morgan fingerprint density at radius 2 is 2.00 bits per heavy atom. The van der Waals surface area contributed by atoms with Crippen molar-refractivity contribution in [2.24, 2.45) is 0 Å². The summed E-state index contributed by atoms with van der Waals surface area (Å²) >= 11 is 0. The Morgan fingerprint density at radius 1 is 1.33 bits per heavy atom. The standard InChI is InChI=1S/C9H8N4O2/c1-6(14)7-2-4-8(5-3-7)13-9(15)10-11-12-13/h2-5H,1H3,(H,10,12,15). The van der Waals surface area contributed by atoms with Gasteiger partial charge in [0.15, 0.2) is 5.78 Å². The Bertz CT molecular complexity index is 538. The SMILES string of the molecule is CC(=O)c1ccc(-n2nn[nH]c2=O)cc1. The van der Waals surface area contributed by atoms with Gasteiger partial charge in [-0.05, 0) is 41.6 Å². The van der Waals surface area contributed by atoms with Crippen LogP contribution in [0.1, 0.15) is 17.3 Å². The molecule has 0 aliphatic rings. The number of hydrogen-bond acceptors (Lipinski definition) is 4. The number of carbonyl (C=O) groups excluding carboxylic acids is 1. The van der Waals surface area contributed by atoms with E-state index in [-0.39, 0.29) is 5.78 Å². The van der Waals surface area contributed by atoms with Crippen LogP contribution >= 0.6 is 0 Å². The number of nitrogens with one attached hydrogen (secondary N) is 1. The Morgan fingerprint density at radius 3 is 2.47 bits per heavy atom. The van der Waals surface area contributed by atoms with Crippen molar-refractivity contribution >= 4 is 5.78 Å². The van der Waals surface area contributed by atoms with Crippen molar-refractivity contribution in [3.8, 4) is 5.69 Å². The van der Waals surface area contributed by atoms with E-state index < -0.39 is 5.69 Å². The van der Waals surface area contributed by atoms with Crippen molar-refractivity contribution in [1.29, 1.82) is 0 Å². The van der Waals surface area contributed by atoms with Crippen molar-refractivity contribution < 1.29 is 4.79 Å². The monoisotopic (exact) mass is 204 g/mol. The Balaban J connectivity index is 2.44. The number of rotatable bonds is 2. The molecule has 6 nitrogen and oxygen atoms in total. The fourth-order valence-electron chi connectivity index (χ4n) is 1.20. The van der Waals surface area contributed by atoms with Gasteiger partial charge in [-0.15, -0.1) is 0 Å². The Kier molecular flexibility index (Phi) is 2.17. The largest absolute Gasteiger partial charge is 0.365 e. The molecule has 0 fully saturated rings. The average Bonchev–Trinajstić information content (AvgIpc) is 2.65. The highest BCUT2D eigenvalue weighted by Gasteiger charge is 2.03. The molecule has 2 rings (SSSR count). The molecule has 15 heavy (non-hydrogen) atoms. The minimum Gasteiger partial charge on any atom is -0.295 e. The maximum Gasteiger partial charge on any atom is 0.365 e. The number of Topliss-reactive ketones (excluding diaryl/α,β-unsaturated/α-hetero) is 1. The number of tetrazole rings is 1. The quantitative estimate of drug-likeness (QED) is 0.706. The van der Waals surface area contributed by atoms with E-state index in [4.69, 9.17) is 0 Å². The summed E-state index contributed by atoms with van der Waals surface area (Å²) in [5.74, 6) is -0.0194. The van der Waals surface area contributed by atoms with Crippen molar-refractivity contribution in [1.82, 2.24) is 20.2 Å². The number of carbonyl (C=O) groups is 1. The Hall–Kier alpha value is -2.24. The van der Waals surface area contributed by atoms with Crippen molar-refractivity contribution in [3.05, 3.63) is 40.3 Å². The van der Waals surface area contributed by atoms with Crippen LogP contribution < -0.4 is 5.69 Å². The molecule has 76 valence electrons. The third kappa shape index (κ3) is 1.69. The summed E-state index contributed by atoms with van der Waals surface area (Å²) in [6, 6.07) is 6.55. The number of ketones is 1.